The van der Waals surface area contributed by atoms with Crippen LogP contribution in [-0.4, -0.2) is 38.1 Å². The van der Waals surface area contributed by atoms with Crippen molar-refractivity contribution in [3.8, 4) is 0 Å². The molecule has 4 rings (SSSR count). The van der Waals surface area contributed by atoms with Crippen LogP contribution < -0.4 is 0 Å². The van der Waals surface area contributed by atoms with Gasteiger partial charge in [0.25, 0.3) is 11.8 Å². The van der Waals surface area contributed by atoms with Crippen molar-refractivity contribution in [3.63, 3.8) is 0 Å². The lowest BCUT2D eigenvalue weighted by Crippen LogP contribution is -2.43. The number of ether oxygens (including phenoxy) is 1. The van der Waals surface area contributed by atoms with Crippen molar-refractivity contribution in [2.75, 3.05) is 0 Å². The maximum absolute atomic E-state index is 12.4. The molecule has 0 aliphatic carbocycles. The van der Waals surface area contributed by atoms with Crippen LogP contribution in [0.5, 0.6) is 0 Å². The zero-order valence-corrected chi connectivity index (χ0v) is 14.0. The summed E-state index contributed by atoms with van der Waals surface area (Å²) in [5, 5.41) is 0. The van der Waals surface area contributed by atoms with E-state index >= 15 is 0 Å². The summed E-state index contributed by atoms with van der Waals surface area (Å²) in [6.07, 6.45) is 3.60. The molecule has 7 heteroatoms. The topological polar surface area (TPSA) is 81.0 Å². The number of imidazole rings is 1. The SMILES string of the molecule is C[C@@H](C(=O)OCc1cn2ccccc2n1)N1C(=O)c2ccccc2C1=O. The molecular formula is C19H15N3O4. The summed E-state index contributed by atoms with van der Waals surface area (Å²) in [6.45, 7) is 1.45. The van der Waals surface area contributed by atoms with Crippen molar-refractivity contribution in [2.24, 2.45) is 0 Å². The number of nitrogens with zero attached hydrogens (tertiary/aromatic N) is 3. The molecule has 130 valence electrons. The number of imide groups is 1. The molecule has 0 N–H and O–H groups in total. The number of esters is 1. The molecule has 0 unspecified atom stereocenters. The van der Waals surface area contributed by atoms with Gasteiger partial charge in [0.1, 0.15) is 18.3 Å². The van der Waals surface area contributed by atoms with Gasteiger partial charge in [0.05, 0.1) is 16.8 Å². The number of rotatable bonds is 4. The molecule has 0 fully saturated rings. The molecule has 1 aliphatic rings. The molecule has 0 bridgehead atoms. The lowest BCUT2D eigenvalue weighted by atomic mass is 10.1. The summed E-state index contributed by atoms with van der Waals surface area (Å²) >= 11 is 0. The first-order chi connectivity index (χ1) is 12.6. The highest BCUT2D eigenvalue weighted by Gasteiger charge is 2.41. The predicted octanol–water partition coefficient (Wildman–Crippen LogP) is 2.06. The van der Waals surface area contributed by atoms with Gasteiger partial charge in [-0.15, -0.1) is 0 Å². The van der Waals surface area contributed by atoms with Gasteiger partial charge in [-0.2, -0.15) is 0 Å². The fourth-order valence-corrected chi connectivity index (χ4v) is 2.99. The third-order valence-electron chi connectivity index (χ3n) is 4.33. The van der Waals surface area contributed by atoms with Crippen LogP contribution >= 0.6 is 0 Å². The number of hydrogen-bond acceptors (Lipinski definition) is 5. The Bertz CT molecular complexity index is 972. The van der Waals surface area contributed by atoms with E-state index in [0.717, 1.165) is 10.5 Å². The van der Waals surface area contributed by atoms with Crippen LogP contribution in [0, 0.1) is 0 Å². The first-order valence-electron chi connectivity index (χ1n) is 8.12. The summed E-state index contributed by atoms with van der Waals surface area (Å²) in [5.74, 6) is -1.62. The Labute approximate surface area is 148 Å². The average Bonchev–Trinajstić information content (AvgIpc) is 3.18. The highest BCUT2D eigenvalue weighted by Crippen LogP contribution is 2.24. The largest absolute Gasteiger partial charge is 0.458 e. The van der Waals surface area contributed by atoms with Crippen molar-refractivity contribution in [1.82, 2.24) is 14.3 Å². The fraction of sp³-hybridized carbons (Fsp3) is 0.158. The van der Waals surface area contributed by atoms with Crippen LogP contribution in [0.3, 0.4) is 0 Å². The molecule has 2 amide bonds. The van der Waals surface area contributed by atoms with Gasteiger partial charge in [0.15, 0.2) is 0 Å². The lowest BCUT2D eigenvalue weighted by molar-refractivity contribution is -0.149. The number of carbonyl (C=O) groups excluding carboxylic acids is 3. The van der Waals surface area contributed by atoms with E-state index < -0.39 is 23.8 Å². The zero-order chi connectivity index (χ0) is 18.3. The highest BCUT2D eigenvalue weighted by molar-refractivity contribution is 6.22. The van der Waals surface area contributed by atoms with E-state index in [9.17, 15) is 14.4 Å². The van der Waals surface area contributed by atoms with E-state index in [1.807, 2.05) is 28.8 Å². The van der Waals surface area contributed by atoms with Gasteiger partial charge < -0.3 is 9.14 Å². The Morgan fingerprint density at radius 1 is 1.08 bits per heavy atom. The van der Waals surface area contributed by atoms with Crippen LogP contribution in [0.25, 0.3) is 5.65 Å². The second-order valence-electron chi connectivity index (χ2n) is 6.01. The third-order valence-corrected chi connectivity index (χ3v) is 4.33. The average molecular weight is 349 g/mol. The Morgan fingerprint density at radius 3 is 2.38 bits per heavy atom. The summed E-state index contributed by atoms with van der Waals surface area (Å²) in [5.41, 5.74) is 1.93. The molecule has 2 aromatic heterocycles. The zero-order valence-electron chi connectivity index (χ0n) is 14.0. The minimum Gasteiger partial charge on any atom is -0.458 e. The van der Waals surface area contributed by atoms with Gasteiger partial charge in [-0.3, -0.25) is 14.5 Å². The molecule has 0 saturated heterocycles. The molecular weight excluding hydrogens is 334 g/mol. The van der Waals surface area contributed by atoms with Gasteiger partial charge in [-0.05, 0) is 31.2 Å². The monoisotopic (exact) mass is 349 g/mol. The second kappa shape index (κ2) is 6.11. The standard InChI is InChI=1S/C19H15N3O4/c1-12(22-17(23)14-6-2-3-7-15(14)18(22)24)19(25)26-11-13-10-21-9-5-4-8-16(21)20-13/h2-10,12H,11H2,1H3/t12-/m0/s1. The van der Waals surface area contributed by atoms with Crippen LogP contribution in [0.2, 0.25) is 0 Å². The maximum atomic E-state index is 12.4. The Kier molecular flexibility index (Phi) is 3.76. The molecule has 26 heavy (non-hydrogen) atoms. The molecule has 7 nitrogen and oxygen atoms in total. The van der Waals surface area contributed by atoms with Gasteiger partial charge in [-0.25, -0.2) is 9.78 Å². The van der Waals surface area contributed by atoms with E-state index in [1.165, 1.54) is 6.92 Å². The third kappa shape index (κ3) is 2.54. The molecule has 3 aromatic rings. The van der Waals surface area contributed by atoms with Crippen molar-refractivity contribution in [2.45, 2.75) is 19.6 Å². The molecule has 0 spiro atoms. The lowest BCUT2D eigenvalue weighted by Gasteiger charge is -2.20. The van der Waals surface area contributed by atoms with E-state index in [4.69, 9.17) is 4.74 Å². The quantitative estimate of drug-likeness (QED) is 0.532. The van der Waals surface area contributed by atoms with Crippen LogP contribution in [0.4, 0.5) is 0 Å². The summed E-state index contributed by atoms with van der Waals surface area (Å²) in [6, 6.07) is 11.1. The van der Waals surface area contributed by atoms with Gasteiger partial charge >= 0.3 is 5.97 Å². The maximum Gasteiger partial charge on any atom is 0.329 e. The number of pyridine rings is 1. The molecule has 1 aliphatic heterocycles. The summed E-state index contributed by atoms with van der Waals surface area (Å²) < 4.78 is 7.08. The van der Waals surface area contributed by atoms with E-state index in [-0.39, 0.29) is 6.61 Å². The minimum atomic E-state index is -1.01. The molecule has 1 atom stereocenters. The van der Waals surface area contributed by atoms with Gasteiger partial charge in [0, 0.05) is 12.4 Å². The van der Waals surface area contributed by atoms with Crippen molar-refractivity contribution < 1.29 is 19.1 Å². The molecule has 0 radical (unpaired) electrons. The van der Waals surface area contributed by atoms with Crippen molar-refractivity contribution in [3.05, 3.63) is 71.7 Å². The summed E-state index contributed by atoms with van der Waals surface area (Å²) in [7, 11) is 0. The number of fused-ring (bicyclic) bond motifs is 2. The second-order valence-corrected chi connectivity index (χ2v) is 6.01. The number of aromatic nitrogens is 2. The fourth-order valence-electron chi connectivity index (χ4n) is 2.99. The highest BCUT2D eigenvalue weighted by atomic mass is 16.5. The van der Waals surface area contributed by atoms with Crippen molar-refractivity contribution in [1.29, 1.82) is 0 Å². The Morgan fingerprint density at radius 2 is 1.73 bits per heavy atom. The number of benzene rings is 1. The van der Waals surface area contributed by atoms with Crippen LogP contribution in [0.1, 0.15) is 33.3 Å². The Hall–Kier alpha value is -3.48. The van der Waals surface area contributed by atoms with E-state index in [0.29, 0.717) is 16.8 Å². The number of hydrogen-bond donors (Lipinski definition) is 0. The number of amides is 2. The Balaban J connectivity index is 1.47. The normalized spacial score (nSPS) is 14.6. The van der Waals surface area contributed by atoms with Crippen LogP contribution in [-0.2, 0) is 16.1 Å². The molecule has 1 aromatic carbocycles. The minimum absolute atomic E-state index is 0.0337. The first kappa shape index (κ1) is 16.0. The van der Waals surface area contributed by atoms with Crippen LogP contribution in [0.15, 0.2) is 54.9 Å². The van der Waals surface area contributed by atoms with Gasteiger partial charge in [0.2, 0.25) is 0 Å². The molecule has 0 saturated carbocycles. The predicted molar refractivity (Wildman–Crippen MR) is 91.4 cm³/mol. The molecule has 3 heterocycles. The van der Waals surface area contributed by atoms with E-state index in [1.54, 1.807) is 30.5 Å². The van der Waals surface area contributed by atoms with Crippen molar-refractivity contribution >= 4 is 23.4 Å². The van der Waals surface area contributed by atoms with Gasteiger partial charge in [-0.1, -0.05) is 18.2 Å². The van der Waals surface area contributed by atoms with E-state index in [2.05, 4.69) is 4.98 Å². The smallest absolute Gasteiger partial charge is 0.329 e. The number of carbonyl (C=O) groups is 3. The summed E-state index contributed by atoms with van der Waals surface area (Å²) in [4.78, 5) is 42.5. The first-order valence-corrected chi connectivity index (χ1v) is 8.12.